The van der Waals surface area contributed by atoms with Crippen molar-refractivity contribution in [2.75, 3.05) is 6.61 Å². The SMILES string of the molecule is Cc1cc(C[C@H](CO)C(=O)NO)cc(C)c1F. The van der Waals surface area contributed by atoms with E-state index in [0.29, 0.717) is 11.1 Å². The van der Waals surface area contributed by atoms with E-state index in [1.807, 2.05) is 0 Å². The van der Waals surface area contributed by atoms with E-state index in [1.165, 1.54) is 5.48 Å². The van der Waals surface area contributed by atoms with Crippen molar-refractivity contribution in [2.45, 2.75) is 20.3 Å². The number of halogens is 1. The molecule has 1 atom stereocenters. The van der Waals surface area contributed by atoms with Crippen LogP contribution in [0.5, 0.6) is 0 Å². The van der Waals surface area contributed by atoms with E-state index in [2.05, 4.69) is 0 Å². The second-order valence-corrected chi connectivity index (χ2v) is 4.10. The molecule has 0 saturated carbocycles. The number of benzene rings is 1. The fourth-order valence-corrected chi connectivity index (χ4v) is 1.77. The van der Waals surface area contributed by atoms with Crippen LogP contribution in [0.1, 0.15) is 16.7 Å². The van der Waals surface area contributed by atoms with Crippen molar-refractivity contribution in [1.29, 1.82) is 0 Å². The maximum Gasteiger partial charge on any atom is 0.249 e. The number of amides is 1. The molecule has 0 radical (unpaired) electrons. The topological polar surface area (TPSA) is 69.6 Å². The Bertz CT molecular complexity index is 397. The molecule has 0 aromatic heterocycles. The molecule has 0 saturated heterocycles. The highest BCUT2D eigenvalue weighted by Gasteiger charge is 2.18. The van der Waals surface area contributed by atoms with Crippen molar-refractivity contribution in [3.05, 3.63) is 34.6 Å². The molecule has 0 aliphatic heterocycles. The zero-order valence-electron chi connectivity index (χ0n) is 9.83. The van der Waals surface area contributed by atoms with Gasteiger partial charge in [-0.25, -0.2) is 9.87 Å². The molecule has 0 unspecified atom stereocenters. The summed E-state index contributed by atoms with van der Waals surface area (Å²) in [5.74, 6) is -1.64. The number of carbonyl (C=O) groups is 1. The normalized spacial score (nSPS) is 12.3. The highest BCUT2D eigenvalue weighted by Crippen LogP contribution is 2.17. The van der Waals surface area contributed by atoms with Crippen LogP contribution in [-0.2, 0) is 11.2 Å². The first-order valence-electron chi connectivity index (χ1n) is 5.30. The molecule has 0 bridgehead atoms. The Balaban J connectivity index is 2.91. The van der Waals surface area contributed by atoms with Gasteiger partial charge < -0.3 is 5.11 Å². The first kappa shape index (κ1) is 13.6. The van der Waals surface area contributed by atoms with Gasteiger partial charge in [0.2, 0.25) is 5.91 Å². The first-order valence-corrected chi connectivity index (χ1v) is 5.30. The molecular formula is C12H16FNO3. The molecule has 1 amide bonds. The number of hydrogen-bond donors (Lipinski definition) is 3. The highest BCUT2D eigenvalue weighted by atomic mass is 19.1. The average molecular weight is 241 g/mol. The number of rotatable bonds is 4. The second-order valence-electron chi connectivity index (χ2n) is 4.10. The molecule has 1 rings (SSSR count). The van der Waals surface area contributed by atoms with Gasteiger partial charge in [-0.15, -0.1) is 0 Å². The van der Waals surface area contributed by atoms with Crippen LogP contribution in [0.15, 0.2) is 12.1 Å². The van der Waals surface area contributed by atoms with E-state index in [4.69, 9.17) is 10.3 Å². The third kappa shape index (κ3) is 3.25. The number of aryl methyl sites for hydroxylation is 2. The van der Waals surface area contributed by atoms with Crippen molar-refractivity contribution < 1.29 is 19.5 Å². The van der Waals surface area contributed by atoms with Crippen LogP contribution in [-0.4, -0.2) is 22.8 Å². The minimum absolute atomic E-state index is 0.255. The molecule has 5 heteroatoms. The van der Waals surface area contributed by atoms with Crippen LogP contribution < -0.4 is 5.48 Å². The number of carbonyl (C=O) groups excluding carboxylic acids is 1. The van der Waals surface area contributed by atoms with E-state index in [1.54, 1.807) is 26.0 Å². The van der Waals surface area contributed by atoms with Crippen LogP contribution in [0.2, 0.25) is 0 Å². The van der Waals surface area contributed by atoms with Gasteiger partial charge in [0.1, 0.15) is 5.82 Å². The Morgan fingerprint density at radius 2 is 1.94 bits per heavy atom. The van der Waals surface area contributed by atoms with Gasteiger partial charge in [-0.1, -0.05) is 12.1 Å². The number of hydrogen-bond acceptors (Lipinski definition) is 3. The summed E-state index contributed by atoms with van der Waals surface area (Å²) >= 11 is 0. The summed E-state index contributed by atoms with van der Waals surface area (Å²) in [4.78, 5) is 11.2. The lowest BCUT2D eigenvalue weighted by Gasteiger charge is -2.13. The Morgan fingerprint density at radius 3 is 2.35 bits per heavy atom. The fraction of sp³-hybridized carbons (Fsp3) is 0.417. The van der Waals surface area contributed by atoms with Crippen molar-refractivity contribution >= 4 is 5.91 Å². The van der Waals surface area contributed by atoms with Crippen LogP contribution in [0.25, 0.3) is 0 Å². The van der Waals surface area contributed by atoms with Gasteiger partial charge >= 0.3 is 0 Å². The quantitative estimate of drug-likeness (QED) is 0.546. The van der Waals surface area contributed by atoms with E-state index in [9.17, 15) is 9.18 Å². The molecule has 1 aromatic rings. The minimum atomic E-state index is -0.732. The Morgan fingerprint density at radius 1 is 1.41 bits per heavy atom. The van der Waals surface area contributed by atoms with Gasteiger partial charge in [0.25, 0.3) is 0 Å². The summed E-state index contributed by atoms with van der Waals surface area (Å²) in [6, 6.07) is 3.27. The Kier molecular flexibility index (Phi) is 4.60. The van der Waals surface area contributed by atoms with Crippen molar-refractivity contribution in [3.63, 3.8) is 0 Å². The molecule has 1 aromatic carbocycles. The van der Waals surface area contributed by atoms with E-state index >= 15 is 0 Å². The Hall–Kier alpha value is -1.46. The summed E-state index contributed by atoms with van der Waals surface area (Å²) in [6.07, 6.45) is 0.255. The zero-order chi connectivity index (χ0) is 13.0. The van der Waals surface area contributed by atoms with Crippen LogP contribution in [0, 0.1) is 25.6 Å². The van der Waals surface area contributed by atoms with Gasteiger partial charge in [-0.2, -0.15) is 0 Å². The maximum absolute atomic E-state index is 13.4. The monoisotopic (exact) mass is 241 g/mol. The first-order chi connectivity index (χ1) is 7.99. The lowest BCUT2D eigenvalue weighted by atomic mass is 9.96. The van der Waals surface area contributed by atoms with Gasteiger partial charge in [0, 0.05) is 0 Å². The smallest absolute Gasteiger partial charge is 0.249 e. The van der Waals surface area contributed by atoms with E-state index < -0.39 is 11.8 Å². The molecule has 0 heterocycles. The summed E-state index contributed by atoms with van der Waals surface area (Å²) in [5, 5.41) is 17.5. The summed E-state index contributed by atoms with van der Waals surface area (Å²) in [6.45, 7) is 2.92. The van der Waals surface area contributed by atoms with Crippen molar-refractivity contribution in [3.8, 4) is 0 Å². The zero-order valence-corrected chi connectivity index (χ0v) is 9.83. The van der Waals surface area contributed by atoms with E-state index in [-0.39, 0.29) is 18.8 Å². The average Bonchev–Trinajstić information content (AvgIpc) is 2.31. The lowest BCUT2D eigenvalue weighted by molar-refractivity contribution is -0.134. The molecular weight excluding hydrogens is 225 g/mol. The van der Waals surface area contributed by atoms with Gasteiger partial charge in [0.05, 0.1) is 12.5 Å². The van der Waals surface area contributed by atoms with Gasteiger partial charge in [0.15, 0.2) is 0 Å². The third-order valence-electron chi connectivity index (χ3n) is 2.68. The molecule has 0 aliphatic carbocycles. The Labute approximate surface area is 99.0 Å². The molecule has 4 nitrogen and oxygen atoms in total. The summed E-state index contributed by atoms with van der Waals surface area (Å²) in [5.41, 5.74) is 3.26. The van der Waals surface area contributed by atoms with Crippen LogP contribution in [0.3, 0.4) is 0 Å². The summed E-state index contributed by atoms with van der Waals surface area (Å²) in [7, 11) is 0. The standard InChI is InChI=1S/C12H16FNO3/c1-7-3-9(4-8(2)11(7)13)5-10(6-15)12(16)14-17/h3-4,10,15,17H,5-6H2,1-2H3,(H,14,16)/t10-/m1/s1. The van der Waals surface area contributed by atoms with Crippen LogP contribution >= 0.6 is 0 Å². The van der Waals surface area contributed by atoms with Crippen molar-refractivity contribution in [1.82, 2.24) is 5.48 Å². The minimum Gasteiger partial charge on any atom is -0.396 e. The maximum atomic E-state index is 13.4. The molecule has 3 N–H and O–H groups in total. The second kappa shape index (κ2) is 5.75. The number of aliphatic hydroxyl groups excluding tert-OH is 1. The van der Waals surface area contributed by atoms with Gasteiger partial charge in [-0.3, -0.25) is 10.0 Å². The van der Waals surface area contributed by atoms with Gasteiger partial charge in [-0.05, 0) is 37.0 Å². The van der Waals surface area contributed by atoms with E-state index in [0.717, 1.165) is 5.56 Å². The molecule has 0 spiro atoms. The number of hydroxylamine groups is 1. The predicted molar refractivity (Wildman–Crippen MR) is 60.1 cm³/mol. The lowest BCUT2D eigenvalue weighted by Crippen LogP contribution is -2.31. The number of nitrogens with one attached hydrogen (secondary N) is 1. The third-order valence-corrected chi connectivity index (χ3v) is 2.68. The largest absolute Gasteiger partial charge is 0.396 e. The summed E-state index contributed by atoms with van der Waals surface area (Å²) < 4.78 is 13.4. The molecule has 94 valence electrons. The van der Waals surface area contributed by atoms with Crippen LogP contribution in [0.4, 0.5) is 4.39 Å². The highest BCUT2D eigenvalue weighted by molar-refractivity contribution is 5.77. The predicted octanol–water partition coefficient (Wildman–Crippen LogP) is 1.10. The molecule has 17 heavy (non-hydrogen) atoms. The molecule has 0 fully saturated rings. The van der Waals surface area contributed by atoms with Crippen molar-refractivity contribution in [2.24, 2.45) is 5.92 Å². The fourth-order valence-electron chi connectivity index (χ4n) is 1.77. The number of aliphatic hydroxyl groups is 1. The molecule has 0 aliphatic rings.